The lowest BCUT2D eigenvalue weighted by Crippen LogP contribution is -2.57. The van der Waals surface area contributed by atoms with Crippen LogP contribution in [0.3, 0.4) is 0 Å². The van der Waals surface area contributed by atoms with Gasteiger partial charge in [-0.2, -0.15) is 5.10 Å². The van der Waals surface area contributed by atoms with Crippen LogP contribution in [0.4, 0.5) is 26.0 Å². The molecule has 23 nitrogen and oxygen atoms in total. The van der Waals surface area contributed by atoms with Gasteiger partial charge in [0.05, 0.1) is 106 Å². The molecule has 0 spiro atoms. The zero-order valence-electron chi connectivity index (χ0n) is 53.4. The second-order valence-electron chi connectivity index (χ2n) is 24.5. The maximum absolute atomic E-state index is 14.0. The number of aromatic nitrogens is 3. The summed E-state index contributed by atoms with van der Waals surface area (Å²) >= 11 is 1.57. The van der Waals surface area contributed by atoms with Crippen LogP contribution in [0.5, 0.6) is 0 Å². The Morgan fingerprint density at radius 1 is 0.763 bits per heavy atom. The number of nitrogens with zero attached hydrogens (tertiary/aromatic N) is 5. The number of likely N-dealkylation sites (tertiary alicyclic amines) is 1. The lowest BCUT2D eigenvalue weighted by atomic mass is 9.85. The zero-order chi connectivity index (χ0) is 65.7. The molecule has 3 fully saturated rings. The number of H-pyrrole nitrogens is 1. The standard InChI is InChI=1S/C67H87F2N11O12S/c1-44-61(93-43-72-44)48-8-5-45(6-9-48)40-71-65(85)58-39-53(81)41-80(58)66(86)62(67(2,3)4)74-59(82)15-23-88-25-27-90-29-31-92-32-30-91-28-26-89-24-16-70-60(83)42-78-17-19-79(20-18-78)52-10-11-54(57(38-52)73-51-13-21-87-22-14-51)64(84)75-63-55-36-46(7-12-56(55)76-77-63)33-47-34-49(68)37-50(69)35-47/h5-12,34-38,43,51,53,58,62,73,81H,13-33,39-42H2,1-4H3,(H,70,83)(H,71,85)(H,74,82)(H2,75,76,77,84)/t53-,58+,62-/m1/s1. The fraction of sp³-hybridized carbons (Fsp3) is 0.507. The minimum atomic E-state index is -0.945. The van der Waals surface area contributed by atoms with Crippen LogP contribution in [-0.2, 0) is 60.6 Å². The van der Waals surface area contributed by atoms with Gasteiger partial charge in [0.2, 0.25) is 23.6 Å². The van der Waals surface area contributed by atoms with Gasteiger partial charge in [-0.15, -0.1) is 11.3 Å². The summed E-state index contributed by atoms with van der Waals surface area (Å²) < 4.78 is 61.5. The number of ether oxygens (including phenoxy) is 6. The third-order valence-electron chi connectivity index (χ3n) is 16.4. The van der Waals surface area contributed by atoms with Crippen molar-refractivity contribution in [3.05, 3.63) is 124 Å². The molecule has 4 aromatic carbocycles. The largest absolute Gasteiger partial charge is 0.391 e. The summed E-state index contributed by atoms with van der Waals surface area (Å²) in [7, 11) is 0. The van der Waals surface area contributed by atoms with E-state index in [4.69, 9.17) is 28.4 Å². The molecule has 9 rings (SSSR count). The number of benzene rings is 4. The highest BCUT2D eigenvalue weighted by atomic mass is 32.1. The van der Waals surface area contributed by atoms with E-state index in [1.54, 1.807) is 11.3 Å². The van der Waals surface area contributed by atoms with Gasteiger partial charge in [0, 0.05) is 101 Å². The number of β-amino-alcohol motifs (C(OH)–C–C–N with tert-alkyl or cyclic N) is 1. The van der Waals surface area contributed by atoms with Gasteiger partial charge < -0.3 is 69.9 Å². The molecule has 0 radical (unpaired) electrons. The number of aryl methyl sites for hydroxylation is 1. The number of thiazole rings is 1. The molecule has 3 atom stereocenters. The van der Waals surface area contributed by atoms with Crippen molar-refractivity contribution in [3.8, 4) is 10.4 Å². The van der Waals surface area contributed by atoms with E-state index in [0.29, 0.717) is 139 Å². The maximum atomic E-state index is 14.0. The van der Waals surface area contributed by atoms with Crippen LogP contribution in [-0.4, -0.2) is 209 Å². The first-order valence-electron chi connectivity index (χ1n) is 31.8. The first-order chi connectivity index (χ1) is 44.9. The lowest BCUT2D eigenvalue weighted by Gasteiger charge is -2.36. The average molecular weight is 1310 g/mol. The molecule has 5 amide bonds. The molecule has 0 aliphatic carbocycles. The van der Waals surface area contributed by atoms with Gasteiger partial charge in [-0.25, -0.2) is 13.8 Å². The van der Waals surface area contributed by atoms with Gasteiger partial charge in [-0.1, -0.05) is 51.1 Å². The van der Waals surface area contributed by atoms with Crippen LogP contribution >= 0.6 is 11.3 Å². The summed E-state index contributed by atoms with van der Waals surface area (Å²) in [6.45, 7) is 15.5. The van der Waals surface area contributed by atoms with Crippen LogP contribution < -0.4 is 31.5 Å². The van der Waals surface area contributed by atoms with Crippen molar-refractivity contribution in [2.75, 3.05) is 141 Å². The molecule has 0 saturated carbocycles. The van der Waals surface area contributed by atoms with Crippen LogP contribution in [0.25, 0.3) is 21.3 Å². The van der Waals surface area contributed by atoms with Gasteiger partial charge in [0.1, 0.15) is 23.7 Å². The summed E-state index contributed by atoms with van der Waals surface area (Å²) in [4.78, 5) is 78.6. The van der Waals surface area contributed by atoms with E-state index in [1.807, 2.05) is 93.9 Å². The third-order valence-corrected chi connectivity index (χ3v) is 17.3. The third kappa shape index (κ3) is 21.0. The molecular weight excluding hydrogens is 1220 g/mol. The second kappa shape index (κ2) is 34.6. The molecule has 2 aromatic heterocycles. The van der Waals surface area contributed by atoms with Crippen molar-refractivity contribution in [3.63, 3.8) is 0 Å². The van der Waals surface area contributed by atoms with Crippen LogP contribution in [0.15, 0.2) is 84.4 Å². The van der Waals surface area contributed by atoms with Crippen molar-refractivity contribution in [2.45, 2.75) is 90.6 Å². The van der Waals surface area contributed by atoms with Crippen molar-refractivity contribution in [2.24, 2.45) is 5.41 Å². The Labute approximate surface area is 544 Å². The fourth-order valence-electron chi connectivity index (χ4n) is 11.3. The first-order valence-corrected chi connectivity index (χ1v) is 32.7. The van der Waals surface area contributed by atoms with Gasteiger partial charge in [0.15, 0.2) is 5.82 Å². The van der Waals surface area contributed by atoms with Crippen LogP contribution in [0.2, 0.25) is 0 Å². The number of amides is 5. The highest BCUT2D eigenvalue weighted by Gasteiger charge is 2.44. The summed E-state index contributed by atoms with van der Waals surface area (Å²) in [5.41, 5.74) is 8.09. The van der Waals surface area contributed by atoms with Crippen LogP contribution in [0.1, 0.15) is 79.2 Å². The summed E-state index contributed by atoms with van der Waals surface area (Å²) in [5.74, 6) is -2.56. The summed E-state index contributed by atoms with van der Waals surface area (Å²) in [6, 6.07) is 20.9. The predicted molar refractivity (Wildman–Crippen MR) is 349 cm³/mol. The monoisotopic (exact) mass is 1310 g/mol. The maximum Gasteiger partial charge on any atom is 0.258 e. The van der Waals surface area contributed by atoms with Gasteiger partial charge in [0.25, 0.3) is 5.91 Å². The molecule has 5 heterocycles. The Morgan fingerprint density at radius 2 is 1.42 bits per heavy atom. The van der Waals surface area contributed by atoms with E-state index < -0.39 is 41.1 Å². The topological polar surface area (TPSA) is 272 Å². The molecule has 93 heavy (non-hydrogen) atoms. The molecule has 3 aliphatic rings. The number of hydrogen-bond donors (Lipinski definition) is 7. The Hall–Kier alpha value is -7.53. The minimum Gasteiger partial charge on any atom is -0.391 e. The number of halogens is 2. The van der Waals surface area contributed by atoms with E-state index in [0.717, 1.165) is 51.9 Å². The zero-order valence-corrected chi connectivity index (χ0v) is 54.2. The summed E-state index contributed by atoms with van der Waals surface area (Å²) in [5, 5.41) is 33.9. The number of anilines is 3. The Morgan fingerprint density at radius 3 is 2.08 bits per heavy atom. The quantitative estimate of drug-likeness (QED) is 0.0225. The predicted octanol–water partition coefficient (Wildman–Crippen LogP) is 6.23. The van der Waals surface area contributed by atoms with Crippen molar-refractivity contribution >= 4 is 69.0 Å². The minimum absolute atomic E-state index is 0.0105. The fourth-order valence-corrected chi connectivity index (χ4v) is 12.2. The normalized spacial score (nSPS) is 16.8. The smallest absolute Gasteiger partial charge is 0.258 e. The molecule has 3 aliphatic heterocycles. The number of nitrogens with one attached hydrogen (secondary N) is 6. The number of hydrogen-bond acceptors (Lipinski definition) is 18. The number of aliphatic hydroxyl groups is 1. The molecule has 7 N–H and O–H groups in total. The number of fused-ring (bicyclic) bond motifs is 1. The number of aromatic amines is 1. The van der Waals surface area contributed by atoms with Crippen molar-refractivity contribution in [1.82, 2.24) is 40.9 Å². The summed E-state index contributed by atoms with van der Waals surface area (Å²) in [6.07, 6.45) is 1.11. The van der Waals surface area contributed by atoms with E-state index in [2.05, 4.69) is 51.6 Å². The lowest BCUT2D eigenvalue weighted by molar-refractivity contribution is -0.144. The molecule has 0 unspecified atom stereocenters. The molecular formula is C67H87F2N11O12S. The molecule has 26 heteroatoms. The number of carbonyl (C=O) groups excluding carboxylic acids is 5. The van der Waals surface area contributed by atoms with Gasteiger partial charge in [-0.05, 0) is 96.3 Å². The first kappa shape index (κ1) is 69.8. The van der Waals surface area contributed by atoms with Crippen molar-refractivity contribution < 1.29 is 66.3 Å². The SMILES string of the molecule is Cc1ncsc1-c1ccc(CNC(=O)[C@@H]2C[C@@H](O)CN2C(=O)[C@@H](NC(=O)CCOCCOCCOCCOCCOCCNC(=O)CN2CCN(c3ccc(C(=O)Nc4n[nH]c5ccc(Cc6cc(F)cc(F)c6)cc45)c(NC4CCOCC4)c3)CC2)C(C)(C)C)cc1. The number of rotatable bonds is 33. The highest BCUT2D eigenvalue weighted by molar-refractivity contribution is 7.13. The van der Waals surface area contributed by atoms with E-state index in [-0.39, 0.29) is 75.4 Å². The number of piperazine rings is 1. The van der Waals surface area contributed by atoms with E-state index in [9.17, 15) is 37.9 Å². The molecule has 0 bridgehead atoms. The Balaban J connectivity index is 0.582. The average Bonchev–Trinajstić information content (AvgIpc) is 1.76. The van der Waals surface area contributed by atoms with E-state index >= 15 is 0 Å². The van der Waals surface area contributed by atoms with Crippen LogP contribution in [0, 0.1) is 24.0 Å². The van der Waals surface area contributed by atoms with E-state index in [1.165, 1.54) is 17.0 Å². The van der Waals surface area contributed by atoms with Gasteiger partial charge in [-0.3, -0.25) is 34.0 Å². The Bertz CT molecular complexity index is 3410. The van der Waals surface area contributed by atoms with Gasteiger partial charge >= 0.3 is 0 Å². The molecule has 3 saturated heterocycles. The van der Waals surface area contributed by atoms with Crippen molar-refractivity contribution in [1.29, 1.82) is 0 Å². The molecule has 502 valence electrons. The molecule has 6 aromatic rings. The number of carbonyl (C=O) groups is 5. The highest BCUT2D eigenvalue weighted by Crippen LogP contribution is 2.32. The number of aliphatic hydroxyl groups excluding tert-OH is 1. The second-order valence-corrected chi connectivity index (χ2v) is 25.3. The Kier molecular flexibility index (Phi) is 25.9.